The predicted molar refractivity (Wildman–Crippen MR) is 78.3 cm³/mol. The van der Waals surface area contributed by atoms with Crippen LogP contribution in [0.1, 0.15) is 42.6 Å². The Morgan fingerprint density at radius 3 is 2.10 bits per heavy atom. The molecule has 1 amide bonds. The third kappa shape index (κ3) is 3.61. The summed E-state index contributed by atoms with van der Waals surface area (Å²) in [4.78, 5) is 24.6. The largest absolute Gasteiger partial charge is 0.465 e. The highest BCUT2D eigenvalue weighted by Gasteiger charge is 2.28. The van der Waals surface area contributed by atoms with Gasteiger partial charge in [-0.05, 0) is 32.3 Å². The lowest BCUT2D eigenvalue weighted by Crippen LogP contribution is -2.39. The van der Waals surface area contributed by atoms with Gasteiger partial charge >= 0.3 is 6.09 Å². The highest BCUT2D eigenvalue weighted by atomic mass is 16.4. The number of hydrogen-bond donors (Lipinski definition) is 2. The van der Waals surface area contributed by atoms with E-state index in [1.807, 2.05) is 0 Å². The Kier molecular flexibility index (Phi) is 4.32. The molecule has 1 aromatic carbocycles. The Balaban J connectivity index is 2.03. The normalized spacial score (nSPS) is 16.8. The number of benzene rings is 1. The number of likely N-dealkylation sites (tertiary alicyclic amines) is 1. The summed E-state index contributed by atoms with van der Waals surface area (Å²) in [5.41, 5.74) is 0.463. The van der Waals surface area contributed by atoms with Gasteiger partial charge < -0.3 is 15.1 Å². The lowest BCUT2D eigenvalue weighted by atomic mass is 9.88. The molecule has 0 aliphatic carbocycles. The first-order valence-corrected chi connectivity index (χ1v) is 7.14. The molecule has 0 atom stereocenters. The van der Waals surface area contributed by atoms with Crippen molar-refractivity contribution in [1.82, 2.24) is 4.90 Å². The van der Waals surface area contributed by atoms with Gasteiger partial charge in [0, 0.05) is 24.6 Å². The van der Waals surface area contributed by atoms with E-state index in [1.54, 1.807) is 38.1 Å². The summed E-state index contributed by atoms with van der Waals surface area (Å²) in [7, 11) is 0. The van der Waals surface area contributed by atoms with Gasteiger partial charge in [-0.1, -0.05) is 24.3 Å². The summed E-state index contributed by atoms with van der Waals surface area (Å²) >= 11 is 0. The van der Waals surface area contributed by atoms with Crippen molar-refractivity contribution in [3.63, 3.8) is 0 Å². The minimum absolute atomic E-state index is 0.0577. The molecule has 2 rings (SSSR count). The molecule has 1 aromatic rings. The molecule has 114 valence electrons. The first-order valence-electron chi connectivity index (χ1n) is 7.14. The molecule has 5 nitrogen and oxygen atoms in total. The van der Waals surface area contributed by atoms with Gasteiger partial charge in [0.25, 0.3) is 0 Å². The molecule has 0 spiro atoms. The van der Waals surface area contributed by atoms with Gasteiger partial charge in [-0.2, -0.15) is 0 Å². The SMILES string of the molecule is CC(C)(O)c1ccc(C(=O)C2CCN(C(=O)O)CC2)cc1. The number of carbonyl (C=O) groups excluding carboxylic acids is 1. The molecule has 1 aliphatic rings. The van der Waals surface area contributed by atoms with Crippen LogP contribution in [0.4, 0.5) is 4.79 Å². The van der Waals surface area contributed by atoms with Gasteiger partial charge in [-0.15, -0.1) is 0 Å². The summed E-state index contributed by atoms with van der Waals surface area (Å²) in [6.45, 7) is 4.22. The minimum Gasteiger partial charge on any atom is -0.465 e. The number of hydrogen-bond acceptors (Lipinski definition) is 3. The van der Waals surface area contributed by atoms with Gasteiger partial charge in [0.05, 0.1) is 5.60 Å². The number of nitrogens with zero attached hydrogens (tertiary/aromatic N) is 1. The molecule has 1 heterocycles. The molecule has 2 N–H and O–H groups in total. The van der Waals surface area contributed by atoms with Crippen LogP contribution in [0.2, 0.25) is 0 Å². The first-order chi connectivity index (χ1) is 9.79. The topological polar surface area (TPSA) is 77.8 Å². The van der Waals surface area contributed by atoms with Crippen molar-refractivity contribution in [2.45, 2.75) is 32.3 Å². The van der Waals surface area contributed by atoms with E-state index in [-0.39, 0.29) is 11.7 Å². The molecule has 0 aromatic heterocycles. The highest BCUT2D eigenvalue weighted by molar-refractivity contribution is 5.98. The van der Waals surface area contributed by atoms with Crippen LogP contribution in [-0.4, -0.2) is 40.1 Å². The van der Waals surface area contributed by atoms with Gasteiger partial charge in [0.1, 0.15) is 0 Å². The van der Waals surface area contributed by atoms with E-state index in [9.17, 15) is 14.7 Å². The van der Waals surface area contributed by atoms with Crippen LogP contribution in [-0.2, 0) is 5.60 Å². The van der Waals surface area contributed by atoms with E-state index < -0.39 is 11.7 Å². The Morgan fingerprint density at radius 1 is 1.14 bits per heavy atom. The van der Waals surface area contributed by atoms with E-state index in [4.69, 9.17) is 5.11 Å². The van der Waals surface area contributed by atoms with Crippen LogP contribution in [0.15, 0.2) is 24.3 Å². The maximum atomic E-state index is 12.4. The van der Waals surface area contributed by atoms with Crippen molar-refractivity contribution in [2.75, 3.05) is 13.1 Å². The zero-order chi connectivity index (χ0) is 15.6. The number of Topliss-reactive ketones (excluding diaryl/α,β-unsaturated/α-hetero) is 1. The second-order valence-corrected chi connectivity index (χ2v) is 6.04. The number of carbonyl (C=O) groups is 2. The molecule has 0 saturated carbocycles. The third-order valence-corrected chi connectivity index (χ3v) is 4.01. The van der Waals surface area contributed by atoms with Crippen LogP contribution in [0.25, 0.3) is 0 Å². The molecule has 1 fully saturated rings. The van der Waals surface area contributed by atoms with Gasteiger partial charge in [0.2, 0.25) is 0 Å². The molecule has 1 aliphatic heterocycles. The maximum Gasteiger partial charge on any atom is 0.407 e. The molecule has 0 unspecified atom stereocenters. The number of rotatable bonds is 3. The fourth-order valence-electron chi connectivity index (χ4n) is 2.61. The second kappa shape index (κ2) is 5.85. The monoisotopic (exact) mass is 291 g/mol. The summed E-state index contributed by atoms with van der Waals surface area (Å²) in [5.74, 6) is -0.0593. The van der Waals surface area contributed by atoms with Crippen molar-refractivity contribution in [3.05, 3.63) is 35.4 Å². The zero-order valence-corrected chi connectivity index (χ0v) is 12.4. The molecular weight excluding hydrogens is 270 g/mol. The van der Waals surface area contributed by atoms with Crippen molar-refractivity contribution in [1.29, 1.82) is 0 Å². The lowest BCUT2D eigenvalue weighted by Gasteiger charge is -2.29. The average molecular weight is 291 g/mol. The van der Waals surface area contributed by atoms with E-state index in [0.29, 0.717) is 31.5 Å². The van der Waals surface area contributed by atoms with Gasteiger partial charge in [-0.25, -0.2) is 4.79 Å². The second-order valence-electron chi connectivity index (χ2n) is 6.04. The predicted octanol–water partition coefficient (Wildman–Crippen LogP) is 2.49. The number of amides is 1. The smallest absolute Gasteiger partial charge is 0.407 e. The molecule has 0 radical (unpaired) electrons. The van der Waals surface area contributed by atoms with Crippen LogP contribution in [0.5, 0.6) is 0 Å². The summed E-state index contributed by atoms with van der Waals surface area (Å²) in [6, 6.07) is 7.00. The number of ketones is 1. The third-order valence-electron chi connectivity index (χ3n) is 4.01. The van der Waals surface area contributed by atoms with E-state index >= 15 is 0 Å². The molecule has 5 heteroatoms. The average Bonchev–Trinajstić information content (AvgIpc) is 2.46. The van der Waals surface area contributed by atoms with Crippen molar-refractivity contribution >= 4 is 11.9 Å². The van der Waals surface area contributed by atoms with Gasteiger partial charge in [0.15, 0.2) is 5.78 Å². The van der Waals surface area contributed by atoms with Crippen LogP contribution in [0, 0.1) is 5.92 Å². The van der Waals surface area contributed by atoms with E-state index in [1.165, 1.54) is 4.90 Å². The zero-order valence-electron chi connectivity index (χ0n) is 12.4. The Hall–Kier alpha value is -1.88. The van der Waals surface area contributed by atoms with E-state index in [0.717, 1.165) is 5.56 Å². The van der Waals surface area contributed by atoms with Crippen LogP contribution < -0.4 is 0 Å². The van der Waals surface area contributed by atoms with Crippen LogP contribution in [0.3, 0.4) is 0 Å². The van der Waals surface area contributed by atoms with E-state index in [2.05, 4.69) is 0 Å². The Bertz CT molecular complexity index is 522. The molecule has 21 heavy (non-hydrogen) atoms. The quantitative estimate of drug-likeness (QED) is 0.839. The Morgan fingerprint density at radius 2 is 1.67 bits per heavy atom. The summed E-state index contributed by atoms with van der Waals surface area (Å²) in [6.07, 6.45) is 0.215. The first kappa shape index (κ1) is 15.5. The summed E-state index contributed by atoms with van der Waals surface area (Å²) in [5, 5.41) is 18.8. The fraction of sp³-hybridized carbons (Fsp3) is 0.500. The fourth-order valence-corrected chi connectivity index (χ4v) is 2.61. The number of carboxylic acid groups (broad SMARTS) is 1. The molecular formula is C16H21NO4. The number of piperidine rings is 1. The van der Waals surface area contributed by atoms with Gasteiger partial charge in [-0.3, -0.25) is 4.79 Å². The minimum atomic E-state index is -0.922. The maximum absolute atomic E-state index is 12.4. The number of aliphatic hydroxyl groups is 1. The van der Waals surface area contributed by atoms with Crippen molar-refractivity contribution in [3.8, 4) is 0 Å². The Labute approximate surface area is 124 Å². The highest BCUT2D eigenvalue weighted by Crippen LogP contribution is 2.24. The summed E-state index contributed by atoms with van der Waals surface area (Å²) < 4.78 is 0. The van der Waals surface area contributed by atoms with Crippen LogP contribution >= 0.6 is 0 Å². The molecule has 1 saturated heterocycles. The standard InChI is InChI=1S/C16H21NO4/c1-16(2,21)13-5-3-11(4-6-13)14(18)12-7-9-17(10-8-12)15(19)20/h3-6,12,21H,7-10H2,1-2H3,(H,19,20). The van der Waals surface area contributed by atoms with Crippen molar-refractivity contribution in [2.24, 2.45) is 5.92 Å². The lowest BCUT2D eigenvalue weighted by molar-refractivity contribution is 0.0780. The van der Waals surface area contributed by atoms with Crippen molar-refractivity contribution < 1.29 is 19.8 Å². The molecule has 0 bridgehead atoms.